The zero-order valence-electron chi connectivity index (χ0n) is 7.00. The van der Waals surface area contributed by atoms with Crippen molar-refractivity contribution in [3.05, 3.63) is 29.1 Å². The second-order valence-corrected chi connectivity index (χ2v) is 2.55. The molecule has 0 bridgehead atoms. The number of pyridine rings is 1. The number of aromatic nitrogens is 1. The van der Waals surface area contributed by atoms with Crippen LogP contribution < -0.4 is 10.0 Å². The number of rotatable bonds is 1. The first-order chi connectivity index (χ1) is 5.61. The number of carbonyl (C=O) groups is 1. The van der Waals surface area contributed by atoms with Crippen LogP contribution in [-0.2, 0) is 4.79 Å². The Morgan fingerprint density at radius 2 is 2.33 bits per heavy atom. The first-order valence-corrected chi connectivity index (χ1v) is 3.57. The van der Waals surface area contributed by atoms with Crippen molar-refractivity contribution in [2.24, 2.45) is 0 Å². The lowest BCUT2D eigenvalue weighted by molar-refractivity contribution is -0.590. The van der Waals surface area contributed by atoms with Crippen LogP contribution in [0.5, 0.6) is 0 Å². The van der Waals surface area contributed by atoms with Gasteiger partial charge in [0.1, 0.15) is 0 Å². The molecule has 0 saturated carbocycles. The van der Waals surface area contributed by atoms with Crippen molar-refractivity contribution < 1.29 is 9.52 Å². The molecule has 0 radical (unpaired) electrons. The van der Waals surface area contributed by atoms with Gasteiger partial charge >= 0.3 is 5.91 Å². The van der Waals surface area contributed by atoms with E-state index in [-0.39, 0.29) is 5.91 Å². The average molecular weight is 166 g/mol. The molecule has 4 nitrogen and oxygen atoms in total. The summed E-state index contributed by atoms with van der Waals surface area (Å²) in [5.74, 6) is 0.0545. The third-order valence-electron chi connectivity index (χ3n) is 1.46. The van der Waals surface area contributed by atoms with Crippen LogP contribution in [0.2, 0.25) is 0 Å². The Labute approximate surface area is 70.4 Å². The maximum Gasteiger partial charge on any atom is 0.304 e. The standard InChI is InChI=1S/C8H10N2O2/c1-6-4-3-5-10(12)8(6)9-7(2)11/h3-5H,1-2H3,(H,9,11). The van der Waals surface area contributed by atoms with Crippen molar-refractivity contribution in [3.63, 3.8) is 0 Å². The van der Waals surface area contributed by atoms with E-state index >= 15 is 0 Å². The van der Waals surface area contributed by atoms with Crippen molar-refractivity contribution in [1.82, 2.24) is 0 Å². The lowest BCUT2D eigenvalue weighted by Gasteiger charge is -2.08. The Morgan fingerprint density at radius 3 is 2.83 bits per heavy atom. The van der Waals surface area contributed by atoms with E-state index in [9.17, 15) is 10.0 Å². The zero-order chi connectivity index (χ0) is 9.14. The number of hydrogen-bond donors (Lipinski definition) is 1. The average Bonchev–Trinajstić information content (AvgIpc) is 1.97. The van der Waals surface area contributed by atoms with E-state index in [1.807, 2.05) is 0 Å². The minimum Gasteiger partial charge on any atom is -0.711 e. The van der Waals surface area contributed by atoms with Crippen molar-refractivity contribution in [1.29, 1.82) is 0 Å². The van der Waals surface area contributed by atoms with Crippen molar-refractivity contribution in [3.8, 4) is 0 Å². The molecule has 0 unspecified atom stereocenters. The molecule has 0 aromatic carbocycles. The molecular formula is C8H10N2O2. The van der Waals surface area contributed by atoms with Crippen LogP contribution in [0.3, 0.4) is 0 Å². The molecule has 1 N–H and O–H groups in total. The van der Waals surface area contributed by atoms with Gasteiger partial charge < -0.3 is 5.21 Å². The van der Waals surface area contributed by atoms with Gasteiger partial charge in [-0.05, 0) is 19.1 Å². The van der Waals surface area contributed by atoms with Gasteiger partial charge in [0.15, 0.2) is 0 Å². The number of carbonyl (C=O) groups excluding carboxylic acids is 1. The maximum atomic E-state index is 11.1. The molecule has 0 spiro atoms. The fourth-order valence-corrected chi connectivity index (χ4v) is 0.913. The Bertz CT molecular complexity index is 290. The van der Waals surface area contributed by atoms with Gasteiger partial charge in [0.25, 0.3) is 5.82 Å². The van der Waals surface area contributed by atoms with Gasteiger partial charge in [0.2, 0.25) is 0 Å². The van der Waals surface area contributed by atoms with E-state index in [1.165, 1.54) is 13.1 Å². The smallest absolute Gasteiger partial charge is 0.304 e. The van der Waals surface area contributed by atoms with Crippen LogP contribution in [0, 0.1) is 12.1 Å². The molecule has 0 aliphatic rings. The molecule has 0 aliphatic carbocycles. The van der Waals surface area contributed by atoms with Crippen LogP contribution in [0.25, 0.3) is 0 Å². The number of anilines is 1. The Hall–Kier alpha value is -1.58. The highest BCUT2D eigenvalue weighted by Gasteiger charge is 2.08. The second-order valence-electron chi connectivity index (χ2n) is 2.55. The van der Waals surface area contributed by atoms with Crippen molar-refractivity contribution in [2.45, 2.75) is 13.8 Å². The van der Waals surface area contributed by atoms with Crippen LogP contribution in [0.4, 0.5) is 5.82 Å². The largest absolute Gasteiger partial charge is 0.711 e. The molecule has 0 atom stereocenters. The van der Waals surface area contributed by atoms with Crippen molar-refractivity contribution in [2.75, 3.05) is 5.32 Å². The van der Waals surface area contributed by atoms with Gasteiger partial charge in [-0.15, -0.1) is 0 Å². The lowest BCUT2D eigenvalue weighted by atomic mass is 10.3. The summed E-state index contributed by atoms with van der Waals surface area (Å²) in [6.45, 7) is 3.13. The van der Waals surface area contributed by atoms with Crippen LogP contribution >= 0.6 is 0 Å². The predicted molar refractivity (Wildman–Crippen MR) is 44.4 cm³/mol. The highest BCUT2D eigenvalue weighted by atomic mass is 16.5. The topological polar surface area (TPSA) is 56.0 Å². The molecule has 0 saturated heterocycles. The van der Waals surface area contributed by atoms with E-state index in [0.29, 0.717) is 10.5 Å². The van der Waals surface area contributed by atoms with E-state index in [1.54, 1.807) is 19.1 Å². The van der Waals surface area contributed by atoms with Gasteiger partial charge in [-0.2, -0.15) is 0 Å². The molecule has 64 valence electrons. The number of amides is 1. The summed E-state index contributed by atoms with van der Waals surface area (Å²) in [7, 11) is 0. The molecule has 0 fully saturated rings. The van der Waals surface area contributed by atoms with Crippen LogP contribution in [0.1, 0.15) is 12.5 Å². The number of hydrogen-bond acceptors (Lipinski definition) is 2. The first-order valence-electron chi connectivity index (χ1n) is 3.57. The molecule has 1 heterocycles. The van der Waals surface area contributed by atoms with E-state index in [2.05, 4.69) is 5.32 Å². The minimum absolute atomic E-state index is 0.242. The third kappa shape index (κ3) is 1.72. The Balaban J connectivity index is 3.04. The van der Waals surface area contributed by atoms with Gasteiger partial charge in [0.05, 0.1) is 6.20 Å². The van der Waals surface area contributed by atoms with Gasteiger partial charge in [-0.1, -0.05) is 0 Å². The Morgan fingerprint density at radius 1 is 1.67 bits per heavy atom. The highest BCUT2D eigenvalue weighted by Crippen LogP contribution is 2.06. The second kappa shape index (κ2) is 3.21. The molecule has 1 amide bonds. The lowest BCUT2D eigenvalue weighted by Crippen LogP contribution is -2.32. The molecule has 0 aliphatic heterocycles. The molecular weight excluding hydrogens is 156 g/mol. The first kappa shape index (κ1) is 8.52. The van der Waals surface area contributed by atoms with E-state index in [4.69, 9.17) is 0 Å². The zero-order valence-corrected chi connectivity index (χ0v) is 7.00. The molecule has 1 aromatic rings. The number of nitrogens with one attached hydrogen (secondary N) is 1. The van der Waals surface area contributed by atoms with Gasteiger partial charge in [0, 0.05) is 12.5 Å². The summed E-state index contributed by atoms with van der Waals surface area (Å²) in [5, 5.41) is 13.5. The fraction of sp³-hybridized carbons (Fsp3) is 0.250. The van der Waals surface area contributed by atoms with Crippen LogP contribution in [-0.4, -0.2) is 5.91 Å². The summed E-state index contributed by atoms with van der Waals surface area (Å²) in [4.78, 5) is 10.7. The number of aryl methyl sites for hydroxylation is 1. The molecule has 12 heavy (non-hydrogen) atoms. The summed E-state index contributed by atoms with van der Waals surface area (Å²) >= 11 is 0. The third-order valence-corrected chi connectivity index (χ3v) is 1.46. The molecule has 4 heteroatoms. The highest BCUT2D eigenvalue weighted by molar-refractivity contribution is 5.87. The summed E-state index contributed by atoms with van der Waals surface area (Å²) < 4.78 is 0.636. The van der Waals surface area contributed by atoms with E-state index in [0.717, 1.165) is 5.56 Å². The molecule has 1 rings (SSSR count). The van der Waals surface area contributed by atoms with E-state index < -0.39 is 0 Å². The molecule has 1 aromatic heterocycles. The summed E-state index contributed by atoms with van der Waals surface area (Å²) in [6, 6.07) is 3.40. The summed E-state index contributed by atoms with van der Waals surface area (Å²) in [6.07, 6.45) is 1.35. The summed E-state index contributed by atoms with van der Waals surface area (Å²) in [5.41, 5.74) is 0.753. The normalized spacial score (nSPS) is 9.50. The predicted octanol–water partition coefficient (Wildman–Crippen LogP) is 0.587. The SMILES string of the molecule is CC(=O)Nc1c(C)ccc[n+]1[O-]. The fourth-order valence-electron chi connectivity index (χ4n) is 0.913. The monoisotopic (exact) mass is 166 g/mol. The Kier molecular flexibility index (Phi) is 2.28. The minimum atomic E-state index is -0.242. The quantitative estimate of drug-likeness (QED) is 0.490. The number of nitrogens with zero attached hydrogens (tertiary/aromatic N) is 1. The van der Waals surface area contributed by atoms with Gasteiger partial charge in [-0.3, -0.25) is 0 Å². The van der Waals surface area contributed by atoms with Crippen molar-refractivity contribution >= 4 is 11.7 Å². The van der Waals surface area contributed by atoms with Crippen LogP contribution in [0.15, 0.2) is 18.3 Å². The maximum absolute atomic E-state index is 11.1. The van der Waals surface area contributed by atoms with Gasteiger partial charge in [-0.25, -0.2) is 14.8 Å².